The number of para-hydroxylation sites is 2. The first-order valence-electron chi connectivity index (χ1n) is 11.2. The second-order valence-electron chi connectivity index (χ2n) is 8.19. The molecule has 4 N–H and O–H groups in total. The number of hydrogen-bond acceptors (Lipinski definition) is 6. The minimum absolute atomic E-state index is 0.167. The fraction of sp³-hybridized carbons (Fsp3) is 0.143. The van der Waals surface area contributed by atoms with E-state index in [1.165, 1.54) is 12.1 Å². The Balaban J connectivity index is 0.000000201. The van der Waals surface area contributed by atoms with Crippen LogP contribution in [0.1, 0.15) is 43.0 Å². The first-order chi connectivity index (χ1) is 17.2. The lowest BCUT2D eigenvalue weighted by Gasteiger charge is -2.13. The van der Waals surface area contributed by atoms with Crippen LogP contribution in [0.25, 0.3) is 0 Å². The Kier molecular flexibility index (Phi) is 8.35. The van der Waals surface area contributed by atoms with Gasteiger partial charge in [0.1, 0.15) is 22.8 Å². The molecule has 2 heterocycles. The summed E-state index contributed by atoms with van der Waals surface area (Å²) in [6.45, 7) is 7.88. The fourth-order valence-corrected chi connectivity index (χ4v) is 3.62. The van der Waals surface area contributed by atoms with Crippen LogP contribution in [-0.2, 0) is 0 Å². The lowest BCUT2D eigenvalue weighted by Crippen LogP contribution is -2.06. The maximum atomic E-state index is 11.1. The second kappa shape index (κ2) is 11.6. The molecule has 4 rings (SSSR count). The molecule has 2 aromatic carbocycles. The van der Waals surface area contributed by atoms with Crippen LogP contribution < -0.4 is 10.6 Å². The SMILES string of the molecule is Cc1cccc(C)c1Nc1ncccc1C(=O)O.Cc1cccc(C)c1Nc1ncccc1C(=O)O. The van der Waals surface area contributed by atoms with Crippen molar-refractivity contribution in [2.75, 3.05) is 10.6 Å². The molecule has 0 atom stereocenters. The third kappa shape index (κ3) is 6.24. The zero-order chi connectivity index (χ0) is 26.2. The number of nitrogens with one attached hydrogen (secondary N) is 2. The minimum Gasteiger partial charge on any atom is -0.478 e. The summed E-state index contributed by atoms with van der Waals surface area (Å²) in [6, 6.07) is 18.1. The summed E-state index contributed by atoms with van der Waals surface area (Å²) < 4.78 is 0. The van der Waals surface area contributed by atoms with E-state index in [0.717, 1.165) is 33.6 Å². The standard InChI is InChI=1S/2C14H14N2O2/c2*1-9-5-3-6-10(2)12(9)16-13-11(14(17)18)7-4-8-15-13/h2*3-8H,1-2H3,(H,15,16)(H,17,18). The average molecular weight is 485 g/mol. The Morgan fingerprint density at radius 1 is 0.583 bits per heavy atom. The van der Waals surface area contributed by atoms with Crippen molar-refractivity contribution in [3.63, 3.8) is 0 Å². The quantitative estimate of drug-likeness (QED) is 0.252. The van der Waals surface area contributed by atoms with E-state index in [9.17, 15) is 9.59 Å². The van der Waals surface area contributed by atoms with E-state index in [4.69, 9.17) is 10.2 Å². The number of carboxylic acids is 2. The van der Waals surface area contributed by atoms with E-state index in [2.05, 4.69) is 20.6 Å². The van der Waals surface area contributed by atoms with Crippen LogP contribution in [0.2, 0.25) is 0 Å². The molecule has 0 unspecified atom stereocenters. The van der Waals surface area contributed by atoms with Crippen LogP contribution >= 0.6 is 0 Å². The first kappa shape index (κ1) is 25.9. The predicted octanol–water partition coefficient (Wildman–Crippen LogP) is 6.28. The van der Waals surface area contributed by atoms with Gasteiger partial charge in [-0.05, 0) is 74.2 Å². The van der Waals surface area contributed by atoms with Gasteiger partial charge >= 0.3 is 11.9 Å². The molecule has 184 valence electrons. The molecule has 0 fully saturated rings. The number of carboxylic acid groups (broad SMARTS) is 2. The topological polar surface area (TPSA) is 124 Å². The number of nitrogens with zero attached hydrogens (tertiary/aromatic N) is 2. The van der Waals surface area contributed by atoms with E-state index in [-0.39, 0.29) is 11.1 Å². The summed E-state index contributed by atoms with van der Waals surface area (Å²) in [7, 11) is 0. The maximum Gasteiger partial charge on any atom is 0.339 e. The fourth-order valence-electron chi connectivity index (χ4n) is 3.62. The summed E-state index contributed by atoms with van der Waals surface area (Å²) in [5.41, 5.74) is 6.35. The number of pyridine rings is 2. The van der Waals surface area contributed by atoms with Gasteiger partial charge in [-0.25, -0.2) is 19.6 Å². The van der Waals surface area contributed by atoms with Crippen LogP contribution in [0, 0.1) is 27.7 Å². The first-order valence-corrected chi connectivity index (χ1v) is 11.2. The van der Waals surface area contributed by atoms with Crippen LogP contribution in [0.15, 0.2) is 73.1 Å². The maximum absolute atomic E-state index is 11.1. The third-order valence-electron chi connectivity index (χ3n) is 5.53. The number of hydrogen-bond donors (Lipinski definition) is 4. The number of aryl methyl sites for hydroxylation is 4. The van der Waals surface area contributed by atoms with Crippen LogP contribution in [0.3, 0.4) is 0 Å². The van der Waals surface area contributed by atoms with Gasteiger partial charge in [-0.2, -0.15) is 0 Å². The molecular formula is C28H28N4O4. The molecule has 0 aliphatic heterocycles. The molecule has 0 amide bonds. The molecule has 2 aromatic heterocycles. The normalized spacial score (nSPS) is 10.1. The van der Waals surface area contributed by atoms with Crippen LogP contribution in [-0.4, -0.2) is 32.1 Å². The van der Waals surface area contributed by atoms with Gasteiger partial charge in [0.2, 0.25) is 0 Å². The summed E-state index contributed by atoms with van der Waals surface area (Å²) in [6.07, 6.45) is 3.14. The van der Waals surface area contributed by atoms with Crippen LogP contribution in [0.4, 0.5) is 23.0 Å². The van der Waals surface area contributed by atoms with E-state index in [0.29, 0.717) is 11.6 Å². The number of aromatic nitrogens is 2. The smallest absolute Gasteiger partial charge is 0.339 e. The lowest BCUT2D eigenvalue weighted by atomic mass is 10.1. The molecule has 4 aromatic rings. The summed E-state index contributed by atoms with van der Waals surface area (Å²) in [5, 5.41) is 24.4. The van der Waals surface area contributed by atoms with Crippen molar-refractivity contribution in [3.8, 4) is 0 Å². The predicted molar refractivity (Wildman–Crippen MR) is 141 cm³/mol. The van der Waals surface area contributed by atoms with Gasteiger partial charge in [-0.1, -0.05) is 36.4 Å². The van der Waals surface area contributed by atoms with Crippen molar-refractivity contribution in [1.82, 2.24) is 9.97 Å². The highest BCUT2D eigenvalue weighted by atomic mass is 16.4. The highest BCUT2D eigenvalue weighted by Gasteiger charge is 2.13. The largest absolute Gasteiger partial charge is 0.478 e. The van der Waals surface area contributed by atoms with Crippen molar-refractivity contribution >= 4 is 34.9 Å². The highest BCUT2D eigenvalue weighted by molar-refractivity contribution is 5.94. The van der Waals surface area contributed by atoms with Crippen LogP contribution in [0.5, 0.6) is 0 Å². The van der Waals surface area contributed by atoms with Gasteiger partial charge in [0.05, 0.1) is 0 Å². The van der Waals surface area contributed by atoms with Crippen molar-refractivity contribution in [1.29, 1.82) is 0 Å². The molecule has 8 heteroatoms. The van der Waals surface area contributed by atoms with E-state index in [1.54, 1.807) is 24.5 Å². The number of aromatic carboxylic acids is 2. The van der Waals surface area contributed by atoms with Gasteiger partial charge in [0, 0.05) is 23.8 Å². The molecule has 0 bridgehead atoms. The molecule has 36 heavy (non-hydrogen) atoms. The average Bonchev–Trinajstić information content (AvgIpc) is 2.84. The Bertz CT molecular complexity index is 1250. The lowest BCUT2D eigenvalue weighted by molar-refractivity contribution is 0.0686. The zero-order valence-corrected chi connectivity index (χ0v) is 20.5. The van der Waals surface area contributed by atoms with Crippen molar-refractivity contribution in [2.45, 2.75) is 27.7 Å². The van der Waals surface area contributed by atoms with Gasteiger partial charge in [-0.3, -0.25) is 0 Å². The number of anilines is 4. The third-order valence-corrected chi connectivity index (χ3v) is 5.53. The monoisotopic (exact) mass is 484 g/mol. The van der Waals surface area contributed by atoms with Crippen molar-refractivity contribution in [3.05, 3.63) is 106 Å². The molecule has 0 radical (unpaired) electrons. The Morgan fingerprint density at radius 3 is 1.22 bits per heavy atom. The van der Waals surface area contributed by atoms with E-state index < -0.39 is 11.9 Å². The van der Waals surface area contributed by atoms with Crippen molar-refractivity contribution in [2.24, 2.45) is 0 Å². The zero-order valence-electron chi connectivity index (χ0n) is 20.5. The highest BCUT2D eigenvalue weighted by Crippen LogP contribution is 2.26. The minimum atomic E-state index is -0.989. The van der Waals surface area contributed by atoms with Gasteiger partial charge in [0.15, 0.2) is 0 Å². The summed E-state index contributed by atoms with van der Waals surface area (Å²) in [4.78, 5) is 30.4. The number of carbonyl (C=O) groups is 2. The summed E-state index contributed by atoms with van der Waals surface area (Å²) >= 11 is 0. The van der Waals surface area contributed by atoms with Gasteiger partial charge in [-0.15, -0.1) is 0 Å². The molecule has 0 saturated heterocycles. The molecule has 0 spiro atoms. The molecule has 0 aliphatic rings. The Morgan fingerprint density at radius 2 is 0.917 bits per heavy atom. The molecule has 0 aliphatic carbocycles. The Hall–Kier alpha value is -4.72. The summed E-state index contributed by atoms with van der Waals surface area (Å²) in [5.74, 6) is -1.25. The number of benzene rings is 2. The number of rotatable bonds is 6. The van der Waals surface area contributed by atoms with E-state index >= 15 is 0 Å². The van der Waals surface area contributed by atoms with Gasteiger partial charge < -0.3 is 20.8 Å². The molecule has 0 saturated carbocycles. The second-order valence-corrected chi connectivity index (χ2v) is 8.19. The molecular weight excluding hydrogens is 456 g/mol. The molecule has 8 nitrogen and oxygen atoms in total. The Labute approximate surface area is 209 Å². The van der Waals surface area contributed by atoms with Crippen molar-refractivity contribution < 1.29 is 19.8 Å². The van der Waals surface area contributed by atoms with E-state index in [1.807, 2.05) is 64.1 Å². The van der Waals surface area contributed by atoms with Gasteiger partial charge in [0.25, 0.3) is 0 Å².